The van der Waals surface area contributed by atoms with E-state index in [0.717, 1.165) is 31.2 Å². The fraction of sp³-hybridized carbons (Fsp3) is 0.450. The van der Waals surface area contributed by atoms with Gasteiger partial charge < -0.3 is 15.2 Å². The number of aromatic nitrogens is 1. The monoisotopic (exact) mass is 355 g/mol. The lowest BCUT2D eigenvalue weighted by Gasteiger charge is -2.24. The van der Waals surface area contributed by atoms with Gasteiger partial charge in [-0.15, -0.1) is 0 Å². The summed E-state index contributed by atoms with van der Waals surface area (Å²) in [5.41, 5.74) is 0.993. The van der Waals surface area contributed by atoms with Crippen molar-refractivity contribution in [1.82, 2.24) is 10.5 Å². The van der Waals surface area contributed by atoms with Gasteiger partial charge in [0.05, 0.1) is 0 Å². The van der Waals surface area contributed by atoms with E-state index in [4.69, 9.17) is 4.52 Å². The molecule has 1 heterocycles. The van der Waals surface area contributed by atoms with Crippen LogP contribution in [0.3, 0.4) is 0 Å². The largest absolute Gasteiger partial charge is 0.360 e. The highest BCUT2D eigenvalue weighted by Crippen LogP contribution is 2.24. The molecule has 0 bridgehead atoms. The maximum atomic E-state index is 12.7. The van der Waals surface area contributed by atoms with Gasteiger partial charge in [-0.1, -0.05) is 54.8 Å². The molecule has 26 heavy (non-hydrogen) atoms. The van der Waals surface area contributed by atoms with E-state index < -0.39 is 6.04 Å². The van der Waals surface area contributed by atoms with E-state index in [1.807, 2.05) is 30.3 Å². The Morgan fingerprint density at radius 2 is 1.92 bits per heavy atom. The van der Waals surface area contributed by atoms with Gasteiger partial charge in [0.2, 0.25) is 11.8 Å². The number of carbonyl (C=O) groups is 2. The molecule has 6 nitrogen and oxygen atoms in total. The number of nitrogens with one attached hydrogen (secondary N) is 2. The highest BCUT2D eigenvalue weighted by atomic mass is 16.5. The molecular formula is C20H25N3O3. The van der Waals surface area contributed by atoms with Crippen molar-refractivity contribution in [2.75, 3.05) is 5.32 Å². The van der Waals surface area contributed by atoms with Gasteiger partial charge in [-0.2, -0.15) is 0 Å². The third kappa shape index (κ3) is 4.94. The van der Waals surface area contributed by atoms with Crippen LogP contribution < -0.4 is 10.6 Å². The van der Waals surface area contributed by atoms with Crippen LogP contribution in [0.5, 0.6) is 0 Å². The third-order valence-electron chi connectivity index (χ3n) is 4.77. The van der Waals surface area contributed by atoms with Crippen molar-refractivity contribution in [3.8, 4) is 0 Å². The Hall–Kier alpha value is -2.63. The molecule has 1 aliphatic carbocycles. The fourth-order valence-electron chi connectivity index (χ4n) is 3.35. The molecule has 3 rings (SSSR count). The van der Waals surface area contributed by atoms with E-state index in [0.29, 0.717) is 18.0 Å². The molecule has 138 valence electrons. The second kappa shape index (κ2) is 8.65. The predicted octanol–water partition coefficient (Wildman–Crippen LogP) is 3.23. The normalized spacial score (nSPS) is 16.0. The van der Waals surface area contributed by atoms with Gasteiger partial charge in [0.15, 0.2) is 5.82 Å². The van der Waals surface area contributed by atoms with Crippen LogP contribution >= 0.6 is 0 Å². The number of hydrogen-bond acceptors (Lipinski definition) is 4. The number of rotatable bonds is 6. The molecule has 0 saturated heterocycles. The van der Waals surface area contributed by atoms with Crippen LogP contribution in [0.25, 0.3) is 0 Å². The zero-order chi connectivity index (χ0) is 18.4. The molecule has 6 heteroatoms. The lowest BCUT2D eigenvalue weighted by atomic mass is 9.88. The number of aryl methyl sites for hydroxylation is 1. The van der Waals surface area contributed by atoms with Crippen molar-refractivity contribution in [3.05, 3.63) is 47.7 Å². The quantitative estimate of drug-likeness (QED) is 0.833. The van der Waals surface area contributed by atoms with Crippen molar-refractivity contribution in [2.24, 2.45) is 5.92 Å². The molecule has 0 unspecified atom stereocenters. The smallest absolute Gasteiger partial charge is 0.248 e. The molecule has 2 amide bonds. The number of amides is 2. The molecule has 2 N–H and O–H groups in total. The minimum Gasteiger partial charge on any atom is -0.360 e. The van der Waals surface area contributed by atoms with Gasteiger partial charge in [-0.25, -0.2) is 0 Å². The van der Waals surface area contributed by atoms with E-state index >= 15 is 0 Å². The van der Waals surface area contributed by atoms with Crippen molar-refractivity contribution in [2.45, 2.75) is 51.5 Å². The highest BCUT2D eigenvalue weighted by Gasteiger charge is 2.27. The number of anilines is 1. The van der Waals surface area contributed by atoms with Crippen LogP contribution in [0.15, 0.2) is 40.9 Å². The second-order valence-electron chi connectivity index (χ2n) is 6.90. The number of hydrogen-bond donors (Lipinski definition) is 2. The van der Waals surface area contributed by atoms with E-state index in [2.05, 4.69) is 15.8 Å². The lowest BCUT2D eigenvalue weighted by molar-refractivity contribution is -0.130. The Bertz CT molecular complexity index is 736. The van der Waals surface area contributed by atoms with Crippen LogP contribution in [-0.4, -0.2) is 23.0 Å². The average Bonchev–Trinajstić information content (AvgIpc) is 3.07. The van der Waals surface area contributed by atoms with Crippen molar-refractivity contribution < 1.29 is 14.1 Å². The van der Waals surface area contributed by atoms with Crippen LogP contribution in [0, 0.1) is 12.8 Å². The Morgan fingerprint density at radius 3 is 2.58 bits per heavy atom. The standard InChI is InChI=1S/C20H25N3O3/c1-14-12-18(23-26-14)22-20(25)17(13-15-8-4-2-5-9-15)21-19(24)16-10-6-3-7-11-16/h2,4-5,8-9,12,16-17H,3,6-7,10-11,13H2,1H3,(H,21,24)(H,22,23,25)/t17-/m0/s1. The highest BCUT2D eigenvalue weighted by molar-refractivity contribution is 5.97. The minimum absolute atomic E-state index is 0.00381. The Balaban J connectivity index is 1.69. The molecule has 1 atom stereocenters. The number of benzene rings is 1. The molecule has 0 aliphatic heterocycles. The van der Waals surface area contributed by atoms with Gasteiger partial charge in [0.25, 0.3) is 0 Å². The van der Waals surface area contributed by atoms with Crippen molar-refractivity contribution in [3.63, 3.8) is 0 Å². The van der Waals surface area contributed by atoms with E-state index in [9.17, 15) is 9.59 Å². The van der Waals surface area contributed by atoms with Gasteiger partial charge in [0, 0.05) is 18.4 Å². The Kier molecular flexibility index (Phi) is 6.04. The summed E-state index contributed by atoms with van der Waals surface area (Å²) in [7, 11) is 0. The molecule has 0 radical (unpaired) electrons. The summed E-state index contributed by atoms with van der Waals surface area (Å²) in [6.45, 7) is 1.76. The van der Waals surface area contributed by atoms with Crippen molar-refractivity contribution >= 4 is 17.6 Å². The summed E-state index contributed by atoms with van der Waals surface area (Å²) in [5.74, 6) is 0.663. The molecule has 1 fully saturated rings. The van der Waals surface area contributed by atoms with Crippen LogP contribution in [0.1, 0.15) is 43.4 Å². The zero-order valence-electron chi connectivity index (χ0n) is 15.0. The first-order valence-electron chi connectivity index (χ1n) is 9.20. The molecule has 2 aromatic rings. The molecule has 1 aliphatic rings. The summed E-state index contributed by atoms with van der Waals surface area (Å²) in [5, 5.41) is 9.48. The van der Waals surface area contributed by atoms with Gasteiger partial charge >= 0.3 is 0 Å². The summed E-state index contributed by atoms with van der Waals surface area (Å²) in [4.78, 5) is 25.4. The van der Waals surface area contributed by atoms with Gasteiger partial charge in [-0.05, 0) is 25.3 Å². The molecule has 1 aromatic heterocycles. The zero-order valence-corrected chi connectivity index (χ0v) is 15.0. The van der Waals surface area contributed by atoms with E-state index in [1.54, 1.807) is 13.0 Å². The van der Waals surface area contributed by atoms with Gasteiger partial charge in [0.1, 0.15) is 11.8 Å². The topological polar surface area (TPSA) is 84.2 Å². The maximum absolute atomic E-state index is 12.7. The van der Waals surface area contributed by atoms with E-state index in [1.165, 1.54) is 6.42 Å². The average molecular weight is 355 g/mol. The van der Waals surface area contributed by atoms with Crippen LogP contribution in [-0.2, 0) is 16.0 Å². The maximum Gasteiger partial charge on any atom is 0.248 e. The van der Waals surface area contributed by atoms with Crippen LogP contribution in [0.2, 0.25) is 0 Å². The minimum atomic E-state index is -0.649. The summed E-state index contributed by atoms with van der Waals surface area (Å²) >= 11 is 0. The summed E-state index contributed by atoms with van der Waals surface area (Å²) in [6, 6.07) is 10.7. The van der Waals surface area contributed by atoms with E-state index in [-0.39, 0.29) is 17.7 Å². The number of nitrogens with zero attached hydrogens (tertiary/aromatic N) is 1. The number of carbonyl (C=O) groups excluding carboxylic acids is 2. The molecule has 0 spiro atoms. The summed E-state index contributed by atoms with van der Waals surface area (Å²) in [6.07, 6.45) is 5.56. The Morgan fingerprint density at radius 1 is 1.19 bits per heavy atom. The summed E-state index contributed by atoms with van der Waals surface area (Å²) < 4.78 is 4.99. The van der Waals surface area contributed by atoms with Gasteiger partial charge in [-0.3, -0.25) is 9.59 Å². The fourth-order valence-corrected chi connectivity index (χ4v) is 3.35. The second-order valence-corrected chi connectivity index (χ2v) is 6.90. The molecular weight excluding hydrogens is 330 g/mol. The molecule has 1 saturated carbocycles. The predicted molar refractivity (Wildman–Crippen MR) is 98.5 cm³/mol. The third-order valence-corrected chi connectivity index (χ3v) is 4.77. The Labute approximate surface area is 153 Å². The first kappa shape index (κ1) is 18.2. The molecule has 1 aromatic carbocycles. The first-order chi connectivity index (χ1) is 12.6. The van der Waals surface area contributed by atoms with Crippen LogP contribution in [0.4, 0.5) is 5.82 Å². The first-order valence-corrected chi connectivity index (χ1v) is 9.20. The SMILES string of the molecule is Cc1cc(NC(=O)[C@H](Cc2ccccc2)NC(=O)C2CCCCC2)no1. The van der Waals surface area contributed by atoms with Crippen molar-refractivity contribution in [1.29, 1.82) is 0 Å². The lowest BCUT2D eigenvalue weighted by Crippen LogP contribution is -2.47.